The van der Waals surface area contributed by atoms with Crippen LogP contribution in [0.2, 0.25) is 0 Å². The summed E-state index contributed by atoms with van der Waals surface area (Å²) in [4.78, 5) is 44.9. The third-order valence-electron chi connectivity index (χ3n) is 15.4. The highest BCUT2D eigenvalue weighted by Crippen LogP contribution is 2.50. The number of anilines is 3. The molecule has 11 rings (SSSR count). The lowest BCUT2D eigenvalue weighted by molar-refractivity contribution is -0.151. The van der Waals surface area contributed by atoms with E-state index >= 15 is 13.2 Å². The van der Waals surface area contributed by atoms with Crippen LogP contribution in [0.1, 0.15) is 76.7 Å². The van der Waals surface area contributed by atoms with Crippen LogP contribution in [-0.4, -0.2) is 107 Å². The number of phenols is 1. The molecule has 3 N–H and O–H groups in total. The number of amides is 2. The molecule has 6 fully saturated rings. The van der Waals surface area contributed by atoms with Crippen molar-refractivity contribution in [1.29, 1.82) is 0 Å². The quantitative estimate of drug-likeness (QED) is 0.112. The zero-order chi connectivity index (χ0) is 45.4. The highest BCUT2D eigenvalue weighted by molar-refractivity contribution is 6.02. The molecule has 1 aliphatic carbocycles. The van der Waals surface area contributed by atoms with Crippen LogP contribution in [0.5, 0.6) is 11.8 Å². The Kier molecular flexibility index (Phi) is 10.7. The fourth-order valence-electron chi connectivity index (χ4n) is 11.4. The summed E-state index contributed by atoms with van der Waals surface area (Å²) in [7, 11) is 0. The van der Waals surface area contributed by atoms with Crippen LogP contribution in [0, 0.1) is 28.3 Å². The second kappa shape index (κ2) is 16.5. The van der Waals surface area contributed by atoms with Gasteiger partial charge in [0.25, 0.3) is 0 Å². The number of hydrogen-bond donors (Lipinski definition) is 3. The number of aryl methyl sites for hydroxylation is 1. The van der Waals surface area contributed by atoms with E-state index in [9.17, 15) is 14.7 Å². The van der Waals surface area contributed by atoms with Crippen molar-refractivity contribution in [2.24, 2.45) is 10.8 Å². The first-order chi connectivity index (χ1) is 31.9. The van der Waals surface area contributed by atoms with Gasteiger partial charge in [0, 0.05) is 75.0 Å². The monoisotopic (exact) mass is 904 g/mol. The Morgan fingerprint density at radius 2 is 1.74 bits per heavy atom. The van der Waals surface area contributed by atoms with Gasteiger partial charge in [0.15, 0.2) is 5.82 Å². The molecule has 7 heterocycles. The SMILES string of the molecule is CCc1c(F)ccc2cc(O)cc(-c3ncc4c(N5CCCC6(CCO6)C5)nc(OCC5(CN6CCC7(CCN(c8ccc(NC9CCC(=O)NC9=O)cc8F)CC7)C6)CC5)nc4c3F)c12. The Balaban J connectivity index is 0.795. The molecule has 6 aliphatic rings. The van der Waals surface area contributed by atoms with E-state index in [1.54, 1.807) is 30.5 Å². The second-order valence-corrected chi connectivity index (χ2v) is 19.8. The fourth-order valence-corrected chi connectivity index (χ4v) is 11.4. The largest absolute Gasteiger partial charge is 0.508 e. The van der Waals surface area contributed by atoms with Crippen LogP contribution in [0.4, 0.5) is 30.4 Å². The topological polar surface area (TPSA) is 145 Å². The van der Waals surface area contributed by atoms with Gasteiger partial charge in [-0.15, -0.1) is 0 Å². The molecular weight excluding hydrogens is 850 g/mol. The van der Waals surface area contributed by atoms with Crippen molar-refractivity contribution in [3.8, 4) is 23.0 Å². The molecule has 346 valence electrons. The maximum Gasteiger partial charge on any atom is 0.319 e. The fraction of sp³-hybridized carbons (Fsp3) is 0.500. The molecule has 5 aromatic rings. The molecule has 2 aromatic heterocycles. The van der Waals surface area contributed by atoms with Crippen LogP contribution in [0.15, 0.2) is 48.7 Å². The lowest BCUT2D eigenvalue weighted by Gasteiger charge is -2.48. The zero-order valence-electron chi connectivity index (χ0n) is 37.2. The van der Waals surface area contributed by atoms with E-state index in [4.69, 9.17) is 19.4 Å². The van der Waals surface area contributed by atoms with Crippen molar-refractivity contribution in [2.75, 3.05) is 74.1 Å². The number of rotatable bonds is 11. The number of likely N-dealkylation sites (tertiary alicyclic amines) is 1. The molecule has 2 amide bonds. The van der Waals surface area contributed by atoms with E-state index in [0.717, 1.165) is 84.1 Å². The van der Waals surface area contributed by atoms with Crippen molar-refractivity contribution in [2.45, 2.75) is 89.2 Å². The summed E-state index contributed by atoms with van der Waals surface area (Å²) in [6.45, 7) is 8.55. The molecule has 2 atom stereocenters. The van der Waals surface area contributed by atoms with Crippen LogP contribution < -0.4 is 25.2 Å². The Hall–Kier alpha value is -5.74. The predicted octanol–water partition coefficient (Wildman–Crippen LogP) is 7.66. The highest BCUT2D eigenvalue weighted by Gasteiger charge is 2.49. The summed E-state index contributed by atoms with van der Waals surface area (Å²) in [6, 6.07) is 10.5. The van der Waals surface area contributed by atoms with Gasteiger partial charge in [-0.1, -0.05) is 13.0 Å². The van der Waals surface area contributed by atoms with Crippen molar-refractivity contribution < 1.29 is 37.3 Å². The Morgan fingerprint density at radius 1 is 0.924 bits per heavy atom. The molecule has 2 spiro atoms. The lowest BCUT2D eigenvalue weighted by Crippen LogP contribution is -2.56. The standard InChI is InChI=1S/C50H55F3N8O5/c1-2-33-36(51)6-4-30-22-32(62)24-34(41(30)33)43-42(53)44-35(25-54-43)45(61-17-3-10-50(28-61)16-21-66-50)58-47(57-44)65-29-49(11-12-49)27-59-18-13-48(26-59)14-19-60(20-15-48)39-8-5-31(23-37(39)52)55-38-7-9-40(63)56-46(38)64/h4-6,8,22-25,38,55,62H,2-3,7,9-21,26-29H2,1H3,(H,56,63,64). The molecule has 3 aromatic carbocycles. The van der Waals surface area contributed by atoms with Crippen LogP contribution in [0.3, 0.4) is 0 Å². The number of carbonyl (C=O) groups excluding carboxylic acids is 2. The van der Waals surface area contributed by atoms with E-state index < -0.39 is 23.6 Å². The second-order valence-electron chi connectivity index (χ2n) is 19.8. The number of carbonyl (C=O) groups is 2. The molecule has 2 unspecified atom stereocenters. The van der Waals surface area contributed by atoms with Crippen molar-refractivity contribution in [3.05, 3.63) is 71.7 Å². The number of imide groups is 1. The average Bonchev–Trinajstić information content (AvgIpc) is 3.96. The number of aromatic hydroxyl groups is 1. The number of piperidine rings is 3. The number of nitrogens with one attached hydrogen (secondary N) is 2. The minimum absolute atomic E-state index is 0.0356. The average molecular weight is 905 g/mol. The normalized spacial score (nSPS) is 23.7. The Labute approximate surface area is 381 Å². The smallest absolute Gasteiger partial charge is 0.319 e. The maximum atomic E-state index is 17.2. The van der Waals surface area contributed by atoms with Gasteiger partial charge in [0.2, 0.25) is 11.8 Å². The zero-order valence-corrected chi connectivity index (χ0v) is 37.2. The summed E-state index contributed by atoms with van der Waals surface area (Å²) in [5.74, 6) is -1.65. The van der Waals surface area contributed by atoms with E-state index in [1.807, 2.05) is 6.92 Å². The number of aromatic nitrogens is 3. The first-order valence-corrected chi connectivity index (χ1v) is 23.6. The summed E-state index contributed by atoms with van der Waals surface area (Å²) >= 11 is 0. The van der Waals surface area contributed by atoms with Gasteiger partial charge in [-0.2, -0.15) is 9.97 Å². The molecule has 0 bridgehead atoms. The number of fused-ring (bicyclic) bond motifs is 2. The molecule has 0 radical (unpaired) electrons. The summed E-state index contributed by atoms with van der Waals surface area (Å²) < 4.78 is 60.5. The number of hydrogen-bond acceptors (Lipinski definition) is 12. The Morgan fingerprint density at radius 3 is 2.48 bits per heavy atom. The number of benzene rings is 3. The van der Waals surface area contributed by atoms with E-state index in [-0.39, 0.29) is 63.1 Å². The van der Waals surface area contributed by atoms with Crippen molar-refractivity contribution in [3.63, 3.8) is 0 Å². The maximum absolute atomic E-state index is 17.2. The number of halogens is 3. The molecule has 1 saturated carbocycles. The number of pyridine rings is 1. The van der Waals surface area contributed by atoms with Gasteiger partial charge in [-0.05, 0) is 122 Å². The van der Waals surface area contributed by atoms with Gasteiger partial charge in [-0.3, -0.25) is 19.9 Å². The third-order valence-corrected chi connectivity index (χ3v) is 15.4. The molecule has 5 saturated heterocycles. The van der Waals surface area contributed by atoms with Crippen LogP contribution in [-0.2, 0) is 20.7 Å². The van der Waals surface area contributed by atoms with Crippen LogP contribution >= 0.6 is 0 Å². The van der Waals surface area contributed by atoms with Gasteiger partial charge in [-0.25, -0.2) is 13.2 Å². The van der Waals surface area contributed by atoms with Crippen molar-refractivity contribution in [1.82, 2.24) is 25.2 Å². The van der Waals surface area contributed by atoms with E-state index in [2.05, 4.69) is 30.3 Å². The third kappa shape index (κ3) is 7.92. The van der Waals surface area contributed by atoms with E-state index in [1.165, 1.54) is 18.2 Å². The molecular formula is C50H55F3N8O5. The molecule has 16 heteroatoms. The van der Waals surface area contributed by atoms with E-state index in [0.29, 0.717) is 78.1 Å². The van der Waals surface area contributed by atoms with Gasteiger partial charge in [0.05, 0.1) is 29.9 Å². The first-order valence-electron chi connectivity index (χ1n) is 23.6. The number of nitrogens with zero attached hydrogens (tertiary/aromatic N) is 6. The molecule has 13 nitrogen and oxygen atoms in total. The lowest BCUT2D eigenvalue weighted by atomic mass is 9.77. The Bertz CT molecular complexity index is 2760. The summed E-state index contributed by atoms with van der Waals surface area (Å²) in [5, 5.41) is 17.7. The van der Waals surface area contributed by atoms with Gasteiger partial charge in [0.1, 0.15) is 40.5 Å². The number of phenolic OH excluding ortho intramolecular Hbond substituents is 1. The van der Waals surface area contributed by atoms with Crippen molar-refractivity contribution >= 4 is 50.7 Å². The van der Waals surface area contributed by atoms with Gasteiger partial charge >= 0.3 is 6.01 Å². The predicted molar refractivity (Wildman–Crippen MR) is 244 cm³/mol. The summed E-state index contributed by atoms with van der Waals surface area (Å²) in [5.41, 5.74) is 1.59. The van der Waals surface area contributed by atoms with Crippen LogP contribution in [0.25, 0.3) is 32.9 Å². The minimum Gasteiger partial charge on any atom is -0.508 e. The highest BCUT2D eigenvalue weighted by atomic mass is 19.1. The molecule has 5 aliphatic heterocycles. The van der Waals surface area contributed by atoms with Gasteiger partial charge < -0.3 is 34.6 Å². The minimum atomic E-state index is -0.693. The summed E-state index contributed by atoms with van der Waals surface area (Å²) in [6.07, 6.45) is 10.3. The first kappa shape index (κ1) is 42.9. The molecule has 66 heavy (non-hydrogen) atoms. The number of ether oxygens (including phenoxy) is 2.